The molecule has 0 saturated carbocycles. The van der Waals surface area contributed by atoms with Crippen molar-refractivity contribution in [3.63, 3.8) is 0 Å². The first-order valence-electron chi connectivity index (χ1n) is 4.00. The zero-order chi connectivity index (χ0) is 11.6. The monoisotopic (exact) mass is 229 g/mol. The van der Waals surface area contributed by atoms with Crippen LogP contribution in [0.1, 0.15) is 15.9 Å². The number of esters is 1. The van der Waals surface area contributed by atoms with Gasteiger partial charge in [0.25, 0.3) is 5.69 Å². The molecule has 0 heterocycles. The Morgan fingerprint density at radius 3 is 2.60 bits per heavy atom. The fraction of sp³-hybridized carbons (Fsp3) is 0.222. The Hall–Kier alpha value is -1.62. The van der Waals surface area contributed by atoms with Crippen molar-refractivity contribution in [1.29, 1.82) is 0 Å². The molecule has 6 heteroatoms. The van der Waals surface area contributed by atoms with Crippen molar-refractivity contribution in [3.8, 4) is 0 Å². The molecule has 0 radical (unpaired) electrons. The highest BCUT2D eigenvalue weighted by atomic mass is 35.5. The molecule has 1 aromatic carbocycles. The molecule has 0 aliphatic heterocycles. The summed E-state index contributed by atoms with van der Waals surface area (Å²) < 4.78 is 4.49. The van der Waals surface area contributed by atoms with Gasteiger partial charge in [-0.2, -0.15) is 0 Å². The van der Waals surface area contributed by atoms with E-state index in [1.54, 1.807) is 6.92 Å². The van der Waals surface area contributed by atoms with E-state index in [9.17, 15) is 14.9 Å². The average molecular weight is 230 g/mol. The Kier molecular flexibility index (Phi) is 3.26. The van der Waals surface area contributed by atoms with E-state index in [1.165, 1.54) is 13.2 Å². The van der Waals surface area contributed by atoms with E-state index in [0.29, 0.717) is 5.56 Å². The number of hydrogen-bond acceptors (Lipinski definition) is 4. The molecular formula is C9H8ClNO4. The summed E-state index contributed by atoms with van der Waals surface area (Å²) >= 11 is 5.65. The molecular weight excluding hydrogens is 222 g/mol. The molecule has 0 aromatic heterocycles. The maximum atomic E-state index is 11.2. The summed E-state index contributed by atoms with van der Waals surface area (Å²) in [5, 5.41) is 10.6. The number of carbonyl (C=O) groups excluding carboxylic acids is 1. The second kappa shape index (κ2) is 4.27. The van der Waals surface area contributed by atoms with Gasteiger partial charge in [-0.3, -0.25) is 10.1 Å². The first-order valence-corrected chi connectivity index (χ1v) is 4.38. The average Bonchev–Trinajstić information content (AvgIpc) is 2.16. The predicted octanol–water partition coefficient (Wildman–Crippen LogP) is 2.34. The van der Waals surface area contributed by atoms with Crippen molar-refractivity contribution < 1.29 is 14.5 Å². The van der Waals surface area contributed by atoms with E-state index >= 15 is 0 Å². The first-order chi connectivity index (χ1) is 6.97. The second-order valence-electron chi connectivity index (χ2n) is 2.87. The van der Waals surface area contributed by atoms with E-state index in [0.717, 1.165) is 6.07 Å². The van der Waals surface area contributed by atoms with Crippen molar-refractivity contribution in [3.05, 3.63) is 38.4 Å². The summed E-state index contributed by atoms with van der Waals surface area (Å²) in [7, 11) is 1.21. The van der Waals surface area contributed by atoms with E-state index in [2.05, 4.69) is 4.74 Å². The van der Waals surface area contributed by atoms with E-state index < -0.39 is 10.9 Å². The van der Waals surface area contributed by atoms with E-state index in [1.807, 2.05) is 0 Å². The van der Waals surface area contributed by atoms with Gasteiger partial charge in [0.2, 0.25) is 0 Å². The summed E-state index contributed by atoms with van der Waals surface area (Å²) in [5.41, 5.74) is 0.383. The van der Waals surface area contributed by atoms with Crippen molar-refractivity contribution in [2.75, 3.05) is 7.11 Å². The van der Waals surface area contributed by atoms with Crippen molar-refractivity contribution >= 4 is 23.3 Å². The van der Waals surface area contributed by atoms with Gasteiger partial charge in [-0.05, 0) is 18.6 Å². The number of benzene rings is 1. The van der Waals surface area contributed by atoms with Crippen molar-refractivity contribution in [2.24, 2.45) is 0 Å². The van der Waals surface area contributed by atoms with Gasteiger partial charge in [-0.15, -0.1) is 0 Å². The van der Waals surface area contributed by atoms with Crippen LogP contribution in [-0.2, 0) is 4.74 Å². The zero-order valence-electron chi connectivity index (χ0n) is 8.11. The molecule has 0 bridgehead atoms. The van der Waals surface area contributed by atoms with Crippen LogP contribution < -0.4 is 0 Å². The van der Waals surface area contributed by atoms with Gasteiger partial charge < -0.3 is 4.74 Å². The molecule has 5 nitrogen and oxygen atoms in total. The zero-order valence-corrected chi connectivity index (χ0v) is 8.87. The Bertz CT molecular complexity index is 430. The summed E-state index contributed by atoms with van der Waals surface area (Å²) in [6.45, 7) is 1.63. The maximum absolute atomic E-state index is 11.2. The molecule has 1 rings (SSSR count). The molecule has 1 aromatic rings. The van der Waals surface area contributed by atoms with Gasteiger partial charge in [-0.25, -0.2) is 4.79 Å². The number of aryl methyl sites for hydroxylation is 1. The third-order valence-electron chi connectivity index (χ3n) is 1.90. The number of carbonyl (C=O) groups is 1. The lowest BCUT2D eigenvalue weighted by atomic mass is 10.1. The summed E-state index contributed by atoms with van der Waals surface area (Å²) in [5.74, 6) is -0.618. The Labute approximate surface area is 90.8 Å². The van der Waals surface area contributed by atoms with Crippen LogP contribution in [0.3, 0.4) is 0 Å². The van der Waals surface area contributed by atoms with Crippen LogP contribution in [0.15, 0.2) is 12.1 Å². The number of rotatable bonds is 2. The van der Waals surface area contributed by atoms with Crippen LogP contribution in [0.2, 0.25) is 5.02 Å². The van der Waals surface area contributed by atoms with Gasteiger partial charge in [0.15, 0.2) is 0 Å². The number of nitrogens with zero attached hydrogens (tertiary/aromatic N) is 1. The Balaban J connectivity index is 3.36. The van der Waals surface area contributed by atoms with Crippen LogP contribution in [0.5, 0.6) is 0 Å². The highest BCUT2D eigenvalue weighted by Gasteiger charge is 2.19. The van der Waals surface area contributed by atoms with Gasteiger partial charge in [0.05, 0.1) is 17.6 Å². The number of nitro benzene ring substituents is 1. The van der Waals surface area contributed by atoms with Crippen LogP contribution >= 0.6 is 11.6 Å². The molecule has 0 fully saturated rings. The molecule has 0 unspecified atom stereocenters. The SMILES string of the molecule is COC(=O)c1cc([N+](=O)[O-])c(Cl)cc1C. The summed E-state index contributed by atoms with van der Waals surface area (Å²) in [6, 6.07) is 2.48. The quantitative estimate of drug-likeness (QED) is 0.443. The summed E-state index contributed by atoms with van der Waals surface area (Å²) in [6.07, 6.45) is 0. The number of halogens is 1. The minimum atomic E-state index is -0.645. The molecule has 0 N–H and O–H groups in total. The van der Waals surface area contributed by atoms with Gasteiger partial charge in [-0.1, -0.05) is 11.6 Å². The maximum Gasteiger partial charge on any atom is 0.338 e. The van der Waals surface area contributed by atoms with Crippen LogP contribution in [0.4, 0.5) is 5.69 Å². The Morgan fingerprint density at radius 2 is 2.13 bits per heavy atom. The molecule has 80 valence electrons. The number of hydrogen-bond donors (Lipinski definition) is 0. The fourth-order valence-corrected chi connectivity index (χ4v) is 1.42. The normalized spacial score (nSPS) is 9.80. The smallest absolute Gasteiger partial charge is 0.338 e. The molecule has 15 heavy (non-hydrogen) atoms. The van der Waals surface area contributed by atoms with Gasteiger partial charge in [0, 0.05) is 6.07 Å². The standard InChI is InChI=1S/C9H8ClNO4/c1-5-3-7(10)8(11(13)14)4-6(5)9(12)15-2/h3-4H,1-2H3. The highest BCUT2D eigenvalue weighted by molar-refractivity contribution is 6.32. The minimum absolute atomic E-state index is 0.00477. The minimum Gasteiger partial charge on any atom is -0.465 e. The first kappa shape index (κ1) is 11.5. The lowest BCUT2D eigenvalue weighted by Crippen LogP contribution is -2.05. The molecule has 0 atom stereocenters. The van der Waals surface area contributed by atoms with E-state index in [-0.39, 0.29) is 16.3 Å². The third-order valence-corrected chi connectivity index (χ3v) is 2.20. The fourth-order valence-electron chi connectivity index (χ4n) is 1.13. The molecule has 0 aliphatic rings. The second-order valence-corrected chi connectivity index (χ2v) is 3.27. The number of methoxy groups -OCH3 is 1. The largest absolute Gasteiger partial charge is 0.465 e. The van der Waals surface area contributed by atoms with Crippen molar-refractivity contribution in [2.45, 2.75) is 6.92 Å². The van der Waals surface area contributed by atoms with Gasteiger partial charge in [0.1, 0.15) is 5.02 Å². The van der Waals surface area contributed by atoms with Gasteiger partial charge >= 0.3 is 5.97 Å². The molecule has 0 aliphatic carbocycles. The van der Waals surface area contributed by atoms with Crippen LogP contribution in [0, 0.1) is 17.0 Å². The predicted molar refractivity (Wildman–Crippen MR) is 54.2 cm³/mol. The number of ether oxygens (including phenoxy) is 1. The molecule has 0 amide bonds. The highest BCUT2D eigenvalue weighted by Crippen LogP contribution is 2.27. The van der Waals surface area contributed by atoms with E-state index in [4.69, 9.17) is 11.6 Å². The number of nitro groups is 1. The van der Waals surface area contributed by atoms with Crippen LogP contribution in [0.25, 0.3) is 0 Å². The third kappa shape index (κ3) is 2.24. The van der Waals surface area contributed by atoms with Crippen molar-refractivity contribution in [1.82, 2.24) is 0 Å². The topological polar surface area (TPSA) is 69.4 Å². The lowest BCUT2D eigenvalue weighted by Gasteiger charge is -2.04. The Morgan fingerprint density at radius 1 is 1.53 bits per heavy atom. The molecule has 0 saturated heterocycles. The lowest BCUT2D eigenvalue weighted by molar-refractivity contribution is -0.384. The summed E-state index contributed by atoms with van der Waals surface area (Å²) in [4.78, 5) is 21.2. The molecule has 0 spiro atoms. The van der Waals surface area contributed by atoms with Crippen LogP contribution in [-0.4, -0.2) is 18.0 Å².